The molecular weight excluding hydrogens is 608 g/mol. The second kappa shape index (κ2) is 14.2. The van der Waals surface area contributed by atoms with Gasteiger partial charge in [0.2, 0.25) is 5.36 Å². The molecule has 13 heteroatoms. The molecule has 0 fully saturated rings. The van der Waals surface area contributed by atoms with Gasteiger partial charge < -0.3 is 19.5 Å². The maximum Gasteiger partial charge on any atom is 0.295 e. The first-order valence-electron chi connectivity index (χ1n) is 14.6. The van der Waals surface area contributed by atoms with Crippen molar-refractivity contribution >= 4 is 36.9 Å². The molecule has 1 heterocycles. The van der Waals surface area contributed by atoms with Crippen molar-refractivity contribution in [2.75, 3.05) is 44.3 Å². The van der Waals surface area contributed by atoms with Crippen molar-refractivity contribution in [2.24, 2.45) is 0 Å². The summed E-state index contributed by atoms with van der Waals surface area (Å²) in [4.78, 5) is 0.653. The minimum atomic E-state index is -4.96. The Bertz CT molecular complexity index is 1880. The molecule has 238 valence electrons. The lowest BCUT2D eigenvalue weighted by molar-refractivity contribution is 0.280. The minimum absolute atomic E-state index is 0.0163. The van der Waals surface area contributed by atoms with E-state index in [0.29, 0.717) is 54.0 Å². The maximum atomic E-state index is 12.6. The van der Waals surface area contributed by atoms with Gasteiger partial charge in [0.15, 0.2) is 6.54 Å². The highest BCUT2D eigenvalue weighted by Gasteiger charge is 2.27. The van der Waals surface area contributed by atoms with Crippen LogP contribution in [0.5, 0.6) is 0 Å². The molecular formula is C31H39N2O9S2+. The summed E-state index contributed by atoms with van der Waals surface area (Å²) in [5.41, 5.74) is 2.06. The van der Waals surface area contributed by atoms with Crippen LogP contribution in [0.1, 0.15) is 39.5 Å². The van der Waals surface area contributed by atoms with Crippen molar-refractivity contribution in [3.63, 3.8) is 0 Å². The average Bonchev–Trinajstić information content (AvgIpc) is 2.98. The maximum absolute atomic E-state index is 12.6. The molecule has 1 aliphatic carbocycles. The zero-order valence-electron chi connectivity index (χ0n) is 24.8. The molecule has 0 atom stereocenters. The number of hydrogen-bond acceptors (Lipinski definition) is 8. The zero-order valence-corrected chi connectivity index (χ0v) is 26.4. The highest BCUT2D eigenvalue weighted by Crippen LogP contribution is 2.43. The molecule has 44 heavy (non-hydrogen) atoms. The van der Waals surface area contributed by atoms with Crippen molar-refractivity contribution in [3.8, 4) is 22.5 Å². The van der Waals surface area contributed by atoms with E-state index in [1.165, 1.54) is 6.07 Å². The van der Waals surface area contributed by atoms with Crippen LogP contribution in [0.25, 0.3) is 33.4 Å². The van der Waals surface area contributed by atoms with E-state index in [1.54, 1.807) is 24.3 Å². The molecule has 11 nitrogen and oxygen atoms in total. The molecule has 2 aliphatic rings. The fourth-order valence-corrected chi connectivity index (χ4v) is 6.62. The molecule has 0 bridgehead atoms. The molecule has 4 N–H and O–H groups in total. The Hall–Kier alpha value is -3.33. The van der Waals surface area contributed by atoms with Gasteiger partial charge in [0, 0.05) is 59.4 Å². The van der Waals surface area contributed by atoms with Crippen LogP contribution >= 0.6 is 0 Å². The summed E-state index contributed by atoms with van der Waals surface area (Å²) >= 11 is 0. The summed E-state index contributed by atoms with van der Waals surface area (Å²) in [7, 11) is -9.73. The van der Waals surface area contributed by atoms with Gasteiger partial charge in [0.25, 0.3) is 20.2 Å². The molecule has 0 spiro atoms. The van der Waals surface area contributed by atoms with E-state index in [1.807, 2.05) is 21.6 Å². The van der Waals surface area contributed by atoms with Crippen molar-refractivity contribution in [1.82, 2.24) is 4.58 Å². The normalized spacial score (nSPS) is 13.0. The molecule has 0 saturated carbocycles. The molecule has 1 aliphatic heterocycles. The Morgan fingerprint density at radius 1 is 0.773 bits per heavy atom. The Kier molecular flexibility index (Phi) is 10.8. The van der Waals surface area contributed by atoms with Gasteiger partial charge in [-0.15, -0.1) is 0 Å². The Labute approximate surface area is 257 Å². The third-order valence-corrected chi connectivity index (χ3v) is 9.26. The lowest BCUT2D eigenvalue weighted by atomic mass is 9.93. The smallest absolute Gasteiger partial charge is 0.295 e. The van der Waals surface area contributed by atoms with Crippen molar-refractivity contribution < 1.29 is 40.6 Å². The van der Waals surface area contributed by atoms with Gasteiger partial charge >= 0.3 is 0 Å². The quantitative estimate of drug-likeness (QED) is 0.0896. The highest BCUT2D eigenvalue weighted by atomic mass is 32.2. The lowest BCUT2D eigenvalue weighted by Crippen LogP contribution is -2.33. The monoisotopic (exact) mass is 647 g/mol. The van der Waals surface area contributed by atoms with Crippen LogP contribution in [0.2, 0.25) is 0 Å². The summed E-state index contributed by atoms with van der Waals surface area (Å²) in [5.74, 6) is 0.393. The summed E-state index contributed by atoms with van der Waals surface area (Å²) in [6.45, 7) is 6.23. The van der Waals surface area contributed by atoms with Crippen LogP contribution in [0.15, 0.2) is 68.8 Å². The Morgan fingerprint density at radius 3 is 2.14 bits per heavy atom. The largest absolute Gasteiger partial charge is 0.456 e. The van der Waals surface area contributed by atoms with E-state index in [4.69, 9.17) is 4.42 Å². The molecule has 0 amide bonds. The number of aliphatic hydroxyl groups excluding tert-OH is 2. The molecule has 0 saturated heterocycles. The van der Waals surface area contributed by atoms with Gasteiger partial charge in [-0.3, -0.25) is 9.11 Å². The van der Waals surface area contributed by atoms with E-state index in [0.717, 1.165) is 48.9 Å². The summed E-state index contributed by atoms with van der Waals surface area (Å²) in [5, 5.41) is 20.7. The Balaban J connectivity index is 2.12. The first-order chi connectivity index (χ1) is 20.9. The fourth-order valence-electron chi connectivity index (χ4n) is 5.31. The van der Waals surface area contributed by atoms with Crippen LogP contribution in [-0.4, -0.2) is 75.5 Å². The lowest BCUT2D eigenvalue weighted by Gasteiger charge is -2.25. The Morgan fingerprint density at radius 2 is 1.50 bits per heavy atom. The number of benzene rings is 3. The predicted octanol–water partition coefficient (Wildman–Crippen LogP) is 3.86. The van der Waals surface area contributed by atoms with Crippen LogP contribution in [-0.2, 0) is 20.2 Å². The van der Waals surface area contributed by atoms with Crippen LogP contribution in [0.4, 0.5) is 5.69 Å². The molecule has 0 radical (unpaired) electrons. The number of aliphatic hydroxyl groups is 2. The average molecular weight is 648 g/mol. The van der Waals surface area contributed by atoms with Gasteiger partial charge in [0.05, 0.1) is 17.6 Å². The third kappa shape index (κ3) is 7.48. The topological polar surface area (TPSA) is 169 Å². The number of hydrogen-bond donors (Lipinski definition) is 4. The number of unbranched alkanes of at least 4 members (excludes halogenated alkanes) is 2. The second-order valence-corrected chi connectivity index (χ2v) is 13.4. The first-order valence-corrected chi connectivity index (χ1v) is 17.5. The standard InChI is InChI=1S/C31H38N2O9S2/c1-3-5-13-32(15-17-34)22-7-10-25-28(19-22)42-29-20-23(33(16-18-35)14-6-4-2)8-11-26(29)31(25)27-12-9-24(43(36,37)38)21-30(27)44(39,40)41/h7-12,19-21,34-35H,3-6,13-18H2,1-2H3,(H-,36,37,38,39,40,41)/p+1. The van der Waals surface area contributed by atoms with Gasteiger partial charge in [-0.2, -0.15) is 16.8 Å². The van der Waals surface area contributed by atoms with E-state index in [-0.39, 0.29) is 18.8 Å². The number of nitrogens with zero attached hydrogens (tertiary/aromatic N) is 2. The van der Waals surface area contributed by atoms with Crippen LogP contribution < -0.4 is 14.8 Å². The molecule has 0 unspecified atom stereocenters. The van der Waals surface area contributed by atoms with E-state index in [2.05, 4.69) is 13.8 Å². The first kappa shape index (κ1) is 33.6. The predicted molar refractivity (Wildman–Crippen MR) is 169 cm³/mol. The summed E-state index contributed by atoms with van der Waals surface area (Å²) in [6.07, 6.45) is 3.71. The highest BCUT2D eigenvalue weighted by molar-refractivity contribution is 7.86. The number of anilines is 1. The van der Waals surface area contributed by atoms with Gasteiger partial charge in [0.1, 0.15) is 29.4 Å². The second-order valence-electron chi connectivity index (χ2n) is 10.6. The molecule has 4 rings (SSSR count). The zero-order chi connectivity index (χ0) is 32.1. The molecule has 2 aromatic carbocycles. The van der Waals surface area contributed by atoms with Crippen LogP contribution in [0.3, 0.4) is 0 Å². The van der Waals surface area contributed by atoms with E-state index in [9.17, 15) is 36.2 Å². The molecule has 0 aromatic heterocycles. The number of fused-ring (bicyclic) bond motifs is 2. The van der Waals surface area contributed by atoms with E-state index >= 15 is 0 Å². The molecule has 2 aromatic rings. The SMILES string of the molecule is CCCCN(CCO)c1ccc2c(-c3ccc(S(=O)(=O)O)cc3S(=O)(=O)O)c3ccc(=[N+](CCO)CCCC)cc-3oc2c1. The van der Waals surface area contributed by atoms with Crippen molar-refractivity contribution in [3.05, 3.63) is 60.0 Å². The van der Waals surface area contributed by atoms with E-state index < -0.39 is 30.0 Å². The summed E-state index contributed by atoms with van der Waals surface area (Å²) < 4.78 is 77.2. The number of rotatable bonds is 14. The fraction of sp³-hybridized carbons (Fsp3) is 0.387. The van der Waals surface area contributed by atoms with Crippen molar-refractivity contribution in [2.45, 2.75) is 49.3 Å². The van der Waals surface area contributed by atoms with Crippen molar-refractivity contribution in [1.29, 1.82) is 0 Å². The van der Waals surface area contributed by atoms with Gasteiger partial charge in [-0.05, 0) is 36.8 Å². The third-order valence-electron chi connectivity index (χ3n) is 7.52. The van der Waals surface area contributed by atoms with Gasteiger partial charge in [-0.1, -0.05) is 32.8 Å². The van der Waals surface area contributed by atoms with Crippen LogP contribution in [0, 0.1) is 0 Å². The minimum Gasteiger partial charge on any atom is -0.456 e. The summed E-state index contributed by atoms with van der Waals surface area (Å²) in [6, 6.07) is 13.8. The van der Waals surface area contributed by atoms with Gasteiger partial charge in [-0.25, -0.2) is 4.58 Å².